The van der Waals surface area contributed by atoms with Gasteiger partial charge in [0, 0.05) is 12.8 Å². The fraction of sp³-hybridized carbons (Fsp3) is 0.667. The van der Waals surface area contributed by atoms with Gasteiger partial charge < -0.3 is 9.53 Å². The predicted molar refractivity (Wildman–Crippen MR) is 58.4 cm³/mol. The number of ether oxygens (including phenoxy) is 1. The van der Waals surface area contributed by atoms with Crippen molar-refractivity contribution < 1.29 is 23.9 Å². The summed E-state index contributed by atoms with van der Waals surface area (Å²) in [5.41, 5.74) is 0. The van der Waals surface area contributed by atoms with Gasteiger partial charge in [0.05, 0.1) is 18.1 Å². The van der Waals surface area contributed by atoms with E-state index in [1.165, 1.54) is 6.92 Å². The zero-order valence-electron chi connectivity index (χ0n) is 9.97. The van der Waals surface area contributed by atoms with Gasteiger partial charge >= 0.3 is 0 Å². The molecule has 0 aliphatic carbocycles. The molecule has 0 N–H and O–H groups in total. The minimum atomic E-state index is -0.992. The predicted octanol–water partition coefficient (Wildman–Crippen LogP) is 0.486. The minimum Gasteiger partial charge on any atom is -0.369 e. The van der Waals surface area contributed by atoms with Gasteiger partial charge in [0.1, 0.15) is 12.1 Å². The number of rotatable bonds is 8. The molecule has 3 atom stereocenters. The quantitative estimate of drug-likeness (QED) is 0.267. The Labute approximate surface area is 99.5 Å². The third kappa shape index (κ3) is 3.85. The molecule has 3 unspecified atom stereocenters. The average Bonchev–Trinajstić information content (AvgIpc) is 3.03. The van der Waals surface area contributed by atoms with Crippen LogP contribution in [0, 0.1) is 5.92 Å². The third-order valence-electron chi connectivity index (χ3n) is 2.88. The summed E-state index contributed by atoms with van der Waals surface area (Å²) in [6.45, 7) is 3.17. The van der Waals surface area contributed by atoms with Crippen LogP contribution in [0.4, 0.5) is 0 Å². The molecule has 0 saturated carbocycles. The van der Waals surface area contributed by atoms with E-state index < -0.39 is 23.3 Å². The van der Waals surface area contributed by atoms with E-state index in [4.69, 9.17) is 4.74 Å². The van der Waals surface area contributed by atoms with E-state index in [2.05, 4.69) is 0 Å². The summed E-state index contributed by atoms with van der Waals surface area (Å²) in [7, 11) is 0. The number of carbonyl (C=O) groups is 4. The molecule has 0 spiro atoms. The van der Waals surface area contributed by atoms with Gasteiger partial charge in [-0.05, 0) is 13.3 Å². The number of ketones is 3. The summed E-state index contributed by atoms with van der Waals surface area (Å²) >= 11 is 0. The van der Waals surface area contributed by atoms with Gasteiger partial charge in [-0.1, -0.05) is 6.92 Å². The second-order valence-electron chi connectivity index (χ2n) is 4.23. The number of Topliss-reactive ketones (excluding diaryl/α,β-unsaturated/α-hetero) is 3. The molecule has 1 rings (SSSR count). The number of hydrogen-bond donors (Lipinski definition) is 0. The van der Waals surface area contributed by atoms with Crippen molar-refractivity contribution >= 4 is 23.6 Å². The first kappa shape index (κ1) is 13.7. The van der Waals surface area contributed by atoms with Crippen molar-refractivity contribution in [1.29, 1.82) is 0 Å². The van der Waals surface area contributed by atoms with E-state index in [0.29, 0.717) is 6.29 Å². The van der Waals surface area contributed by atoms with Crippen molar-refractivity contribution in [2.75, 3.05) is 0 Å². The maximum absolute atomic E-state index is 11.5. The SMILES string of the molecule is CCC1OC1CC(=O)C(=O)CC(C=O)C(C)=O. The number of hydrogen-bond acceptors (Lipinski definition) is 5. The number of epoxide rings is 1. The van der Waals surface area contributed by atoms with Gasteiger partial charge in [-0.15, -0.1) is 0 Å². The molecule has 0 radical (unpaired) electrons. The third-order valence-corrected chi connectivity index (χ3v) is 2.88. The van der Waals surface area contributed by atoms with Crippen LogP contribution in [0.5, 0.6) is 0 Å². The van der Waals surface area contributed by atoms with E-state index in [0.717, 1.165) is 6.42 Å². The van der Waals surface area contributed by atoms with Crippen LogP contribution < -0.4 is 0 Å². The van der Waals surface area contributed by atoms with Crippen LogP contribution in [-0.2, 0) is 23.9 Å². The Morgan fingerprint density at radius 1 is 1.24 bits per heavy atom. The van der Waals surface area contributed by atoms with Crippen molar-refractivity contribution in [3.8, 4) is 0 Å². The lowest BCUT2D eigenvalue weighted by molar-refractivity contribution is -0.139. The summed E-state index contributed by atoms with van der Waals surface area (Å²) in [4.78, 5) is 44.4. The molecular weight excluding hydrogens is 224 g/mol. The van der Waals surface area contributed by atoms with Crippen molar-refractivity contribution in [3.05, 3.63) is 0 Å². The topological polar surface area (TPSA) is 80.8 Å². The molecule has 1 aliphatic rings. The second kappa shape index (κ2) is 5.82. The first-order valence-electron chi connectivity index (χ1n) is 5.66. The highest BCUT2D eigenvalue weighted by molar-refractivity contribution is 6.38. The van der Waals surface area contributed by atoms with E-state index in [9.17, 15) is 19.2 Å². The Hall–Kier alpha value is -1.36. The summed E-state index contributed by atoms with van der Waals surface area (Å²) in [5.74, 6) is -2.61. The van der Waals surface area contributed by atoms with Gasteiger partial charge in [0.25, 0.3) is 0 Å². The zero-order chi connectivity index (χ0) is 13.0. The molecule has 94 valence electrons. The lowest BCUT2D eigenvalue weighted by Gasteiger charge is -2.03. The number of aldehydes is 1. The van der Waals surface area contributed by atoms with E-state index in [1.54, 1.807) is 0 Å². The number of carbonyl (C=O) groups excluding carboxylic acids is 4. The molecule has 1 heterocycles. The summed E-state index contributed by atoms with van der Waals surface area (Å²) in [6, 6.07) is 0. The van der Waals surface area contributed by atoms with Crippen LogP contribution in [-0.4, -0.2) is 35.8 Å². The zero-order valence-corrected chi connectivity index (χ0v) is 9.97. The highest BCUT2D eigenvalue weighted by Gasteiger charge is 2.39. The second-order valence-corrected chi connectivity index (χ2v) is 4.23. The molecule has 1 saturated heterocycles. The molecule has 0 aromatic carbocycles. The van der Waals surface area contributed by atoms with Crippen LogP contribution >= 0.6 is 0 Å². The van der Waals surface area contributed by atoms with Crippen molar-refractivity contribution in [2.24, 2.45) is 5.92 Å². The minimum absolute atomic E-state index is 0.0564. The molecule has 17 heavy (non-hydrogen) atoms. The lowest BCUT2D eigenvalue weighted by Crippen LogP contribution is -2.23. The van der Waals surface area contributed by atoms with Crippen LogP contribution in [0.3, 0.4) is 0 Å². The van der Waals surface area contributed by atoms with Gasteiger partial charge in [0.15, 0.2) is 5.78 Å². The van der Waals surface area contributed by atoms with Crippen molar-refractivity contribution in [1.82, 2.24) is 0 Å². The maximum atomic E-state index is 11.5. The summed E-state index contributed by atoms with van der Waals surface area (Å²) in [5, 5.41) is 0. The van der Waals surface area contributed by atoms with Gasteiger partial charge in [0.2, 0.25) is 5.78 Å². The fourth-order valence-electron chi connectivity index (χ4n) is 1.62. The van der Waals surface area contributed by atoms with Crippen molar-refractivity contribution in [3.63, 3.8) is 0 Å². The first-order valence-corrected chi connectivity index (χ1v) is 5.66. The maximum Gasteiger partial charge on any atom is 0.201 e. The Kier molecular flexibility index (Phi) is 4.69. The standard InChI is InChI=1S/C12H16O5/c1-3-11-12(17-11)5-10(16)9(15)4-8(6-13)7(2)14/h6,8,11-12H,3-5H2,1-2H3. The Morgan fingerprint density at radius 2 is 1.88 bits per heavy atom. The molecular formula is C12H16O5. The fourth-order valence-corrected chi connectivity index (χ4v) is 1.62. The molecule has 1 fully saturated rings. The highest BCUT2D eigenvalue weighted by atomic mass is 16.6. The van der Waals surface area contributed by atoms with Crippen LogP contribution in [0.25, 0.3) is 0 Å². The Bertz CT molecular complexity index is 347. The molecule has 0 bridgehead atoms. The summed E-state index contributed by atoms with van der Waals surface area (Å²) < 4.78 is 5.16. The smallest absolute Gasteiger partial charge is 0.201 e. The van der Waals surface area contributed by atoms with Crippen LogP contribution in [0.15, 0.2) is 0 Å². The van der Waals surface area contributed by atoms with Gasteiger partial charge in [-0.25, -0.2) is 0 Å². The van der Waals surface area contributed by atoms with E-state index in [1.807, 2.05) is 6.92 Å². The highest BCUT2D eigenvalue weighted by Crippen LogP contribution is 2.28. The normalized spacial score (nSPS) is 23.9. The van der Waals surface area contributed by atoms with E-state index >= 15 is 0 Å². The Morgan fingerprint density at radius 3 is 2.29 bits per heavy atom. The Balaban J connectivity index is 2.39. The van der Waals surface area contributed by atoms with E-state index in [-0.39, 0.29) is 25.0 Å². The first-order chi connectivity index (χ1) is 7.99. The summed E-state index contributed by atoms with van der Waals surface area (Å²) in [6.07, 6.45) is 0.874. The molecule has 5 heteroatoms. The van der Waals surface area contributed by atoms with Gasteiger partial charge in [-0.3, -0.25) is 14.4 Å². The van der Waals surface area contributed by atoms with Crippen LogP contribution in [0.2, 0.25) is 0 Å². The van der Waals surface area contributed by atoms with Crippen molar-refractivity contribution in [2.45, 2.75) is 45.3 Å². The molecule has 0 aromatic rings. The lowest BCUT2D eigenvalue weighted by atomic mass is 9.96. The molecule has 0 amide bonds. The molecule has 0 aromatic heterocycles. The monoisotopic (exact) mass is 240 g/mol. The largest absolute Gasteiger partial charge is 0.369 e. The molecule has 5 nitrogen and oxygen atoms in total. The average molecular weight is 240 g/mol. The molecule has 1 aliphatic heterocycles. The van der Waals surface area contributed by atoms with Gasteiger partial charge in [-0.2, -0.15) is 0 Å². The van der Waals surface area contributed by atoms with Crippen LogP contribution in [0.1, 0.15) is 33.1 Å².